The normalized spacial score (nSPS) is 16.6. The summed E-state index contributed by atoms with van der Waals surface area (Å²) < 4.78 is 25.5. The summed E-state index contributed by atoms with van der Waals surface area (Å²) in [7, 11) is 0. The van der Waals surface area contributed by atoms with Crippen LogP contribution < -0.4 is 4.90 Å². The van der Waals surface area contributed by atoms with E-state index in [1.807, 2.05) is 49.1 Å². The van der Waals surface area contributed by atoms with Gasteiger partial charge in [0.2, 0.25) is 0 Å². The van der Waals surface area contributed by atoms with Gasteiger partial charge in [-0.05, 0) is 44.5 Å². The Bertz CT molecular complexity index is 1080. The smallest absolute Gasteiger partial charge is 0.330 e. The Morgan fingerprint density at radius 1 is 1.16 bits per heavy atom. The number of piperazine rings is 1. The predicted octanol–water partition coefficient (Wildman–Crippen LogP) is 3.78. The summed E-state index contributed by atoms with van der Waals surface area (Å²) in [5, 5.41) is 3.76. The third-order valence-corrected chi connectivity index (χ3v) is 5.98. The van der Waals surface area contributed by atoms with E-state index < -0.39 is 5.54 Å². The quantitative estimate of drug-likeness (QED) is 0.542. The lowest BCUT2D eigenvalue weighted by Crippen LogP contribution is -2.58. The summed E-state index contributed by atoms with van der Waals surface area (Å²) >= 11 is 0. The Kier molecular flexibility index (Phi) is 6.23. The fraction of sp³-hybridized carbons (Fsp3) is 0.375. The monoisotopic (exact) mass is 438 g/mol. The van der Waals surface area contributed by atoms with Crippen molar-refractivity contribution in [2.24, 2.45) is 0 Å². The topological polar surface area (TPSA) is 71.7 Å². The van der Waals surface area contributed by atoms with Crippen LogP contribution in [0.25, 0.3) is 11.5 Å². The number of ether oxygens (including phenoxy) is 1. The zero-order chi connectivity index (χ0) is 22.7. The number of anilines is 1. The molecule has 8 heteroatoms. The third kappa shape index (κ3) is 4.10. The molecule has 2 aromatic carbocycles. The molecule has 1 aromatic heterocycles. The Hall–Kier alpha value is -3.26. The van der Waals surface area contributed by atoms with Crippen molar-refractivity contribution < 1.29 is 18.4 Å². The number of nitrogens with zero attached hydrogens (tertiary/aromatic N) is 4. The lowest BCUT2D eigenvalue weighted by molar-refractivity contribution is -0.158. The molecule has 1 unspecified atom stereocenters. The molecule has 1 aliphatic heterocycles. The van der Waals surface area contributed by atoms with Gasteiger partial charge in [-0.2, -0.15) is 4.98 Å². The van der Waals surface area contributed by atoms with Gasteiger partial charge in [-0.1, -0.05) is 35.5 Å². The minimum absolute atomic E-state index is 0.273. The first-order valence-electron chi connectivity index (χ1n) is 10.8. The molecule has 0 bridgehead atoms. The van der Waals surface area contributed by atoms with E-state index in [0.717, 1.165) is 5.56 Å². The van der Waals surface area contributed by atoms with E-state index in [1.165, 1.54) is 6.07 Å². The van der Waals surface area contributed by atoms with Crippen LogP contribution in [0, 0.1) is 12.7 Å². The van der Waals surface area contributed by atoms with E-state index in [9.17, 15) is 9.18 Å². The number of hydrogen-bond acceptors (Lipinski definition) is 7. The van der Waals surface area contributed by atoms with E-state index >= 15 is 0 Å². The van der Waals surface area contributed by atoms with Crippen LogP contribution in [-0.2, 0) is 15.1 Å². The van der Waals surface area contributed by atoms with Crippen molar-refractivity contribution in [3.05, 3.63) is 65.7 Å². The highest BCUT2D eigenvalue weighted by molar-refractivity contribution is 5.82. The van der Waals surface area contributed by atoms with Crippen LogP contribution in [0.3, 0.4) is 0 Å². The van der Waals surface area contributed by atoms with Gasteiger partial charge in [-0.3, -0.25) is 4.90 Å². The van der Waals surface area contributed by atoms with Crippen LogP contribution in [-0.4, -0.2) is 53.8 Å². The number of aromatic nitrogens is 2. The second-order valence-corrected chi connectivity index (χ2v) is 7.95. The molecule has 0 saturated carbocycles. The van der Waals surface area contributed by atoms with Crippen molar-refractivity contribution in [3.63, 3.8) is 0 Å². The minimum Gasteiger partial charge on any atom is -0.464 e. The number of esters is 1. The van der Waals surface area contributed by atoms with Crippen molar-refractivity contribution in [3.8, 4) is 11.5 Å². The molecule has 3 aromatic rings. The highest BCUT2D eigenvalue weighted by Crippen LogP contribution is 2.33. The van der Waals surface area contributed by atoms with Crippen LogP contribution >= 0.6 is 0 Å². The molecule has 1 aliphatic rings. The molecule has 0 radical (unpaired) electrons. The van der Waals surface area contributed by atoms with Gasteiger partial charge in [0, 0.05) is 31.7 Å². The van der Waals surface area contributed by atoms with Crippen molar-refractivity contribution in [2.45, 2.75) is 26.3 Å². The second-order valence-electron chi connectivity index (χ2n) is 7.95. The van der Waals surface area contributed by atoms with Gasteiger partial charge in [0.1, 0.15) is 11.4 Å². The molecule has 0 aliphatic carbocycles. The molecule has 1 saturated heterocycles. The fourth-order valence-corrected chi connectivity index (χ4v) is 4.17. The van der Waals surface area contributed by atoms with Crippen LogP contribution in [0.4, 0.5) is 10.1 Å². The second kappa shape index (κ2) is 9.08. The summed E-state index contributed by atoms with van der Waals surface area (Å²) in [5.74, 6) is 0.183. The van der Waals surface area contributed by atoms with Gasteiger partial charge in [-0.15, -0.1) is 0 Å². The van der Waals surface area contributed by atoms with Crippen molar-refractivity contribution in [1.82, 2.24) is 15.0 Å². The summed E-state index contributed by atoms with van der Waals surface area (Å²) in [6.07, 6.45) is 0. The van der Waals surface area contributed by atoms with Gasteiger partial charge in [0.05, 0.1) is 12.3 Å². The molecule has 32 heavy (non-hydrogen) atoms. The van der Waals surface area contributed by atoms with Crippen LogP contribution in [0.5, 0.6) is 0 Å². The minimum atomic E-state index is -0.901. The Morgan fingerprint density at radius 3 is 2.47 bits per heavy atom. The molecule has 2 heterocycles. The van der Waals surface area contributed by atoms with Crippen LogP contribution in [0.2, 0.25) is 0 Å². The fourth-order valence-electron chi connectivity index (χ4n) is 4.17. The van der Waals surface area contributed by atoms with Gasteiger partial charge < -0.3 is 14.2 Å². The van der Waals surface area contributed by atoms with E-state index in [0.29, 0.717) is 55.8 Å². The molecule has 1 fully saturated rings. The zero-order valence-electron chi connectivity index (χ0n) is 18.5. The largest absolute Gasteiger partial charge is 0.464 e. The Balaban J connectivity index is 1.52. The lowest BCUT2D eigenvalue weighted by Gasteiger charge is -2.45. The predicted molar refractivity (Wildman–Crippen MR) is 119 cm³/mol. The van der Waals surface area contributed by atoms with Crippen LogP contribution in [0.1, 0.15) is 25.2 Å². The highest BCUT2D eigenvalue weighted by atomic mass is 19.1. The lowest BCUT2D eigenvalue weighted by atomic mass is 9.89. The maximum Gasteiger partial charge on any atom is 0.330 e. The summed E-state index contributed by atoms with van der Waals surface area (Å²) in [5.41, 5.74) is 1.05. The maximum atomic E-state index is 14.9. The average Bonchev–Trinajstić information content (AvgIpc) is 3.25. The SMILES string of the molecule is CCOC(=O)C(C)(c1ccccc1)N1CCN(c2ccc(-c3nc(C)no3)cc2F)CC1. The Morgan fingerprint density at radius 2 is 1.88 bits per heavy atom. The standard InChI is InChI=1S/C24H27FN4O3/c1-4-31-23(30)24(3,19-8-6-5-7-9-19)29-14-12-28(13-15-29)21-11-10-18(16-20(21)25)22-26-17(2)27-32-22/h5-11,16H,4,12-15H2,1-3H3. The summed E-state index contributed by atoms with van der Waals surface area (Å²) in [6.45, 7) is 8.09. The molecule has 7 nitrogen and oxygen atoms in total. The number of halogens is 1. The number of benzene rings is 2. The zero-order valence-corrected chi connectivity index (χ0v) is 18.5. The van der Waals surface area contributed by atoms with Gasteiger partial charge in [-0.25, -0.2) is 9.18 Å². The molecule has 4 rings (SSSR count). The van der Waals surface area contributed by atoms with Crippen molar-refractivity contribution in [2.75, 3.05) is 37.7 Å². The number of carbonyl (C=O) groups excluding carboxylic acids is 1. The maximum absolute atomic E-state index is 14.9. The molecule has 168 valence electrons. The number of aryl methyl sites for hydroxylation is 1. The number of rotatable bonds is 6. The van der Waals surface area contributed by atoms with Crippen molar-refractivity contribution >= 4 is 11.7 Å². The van der Waals surface area contributed by atoms with Gasteiger partial charge in [0.15, 0.2) is 5.82 Å². The molecule has 0 N–H and O–H groups in total. The average molecular weight is 439 g/mol. The Labute approximate surface area is 186 Å². The first-order valence-corrected chi connectivity index (χ1v) is 10.8. The molecule has 0 spiro atoms. The van der Waals surface area contributed by atoms with E-state index in [2.05, 4.69) is 15.0 Å². The van der Waals surface area contributed by atoms with Crippen molar-refractivity contribution in [1.29, 1.82) is 0 Å². The molecular formula is C24H27FN4O3. The molecular weight excluding hydrogens is 411 g/mol. The first-order chi connectivity index (χ1) is 15.4. The van der Waals surface area contributed by atoms with Crippen LogP contribution in [0.15, 0.2) is 53.1 Å². The number of carbonyl (C=O) groups is 1. The summed E-state index contributed by atoms with van der Waals surface area (Å²) in [6, 6.07) is 14.6. The first kappa shape index (κ1) is 22.0. The summed E-state index contributed by atoms with van der Waals surface area (Å²) in [4.78, 5) is 21.2. The van der Waals surface area contributed by atoms with E-state index in [4.69, 9.17) is 9.26 Å². The molecule has 1 atom stereocenters. The van der Waals surface area contributed by atoms with Gasteiger partial charge in [0.25, 0.3) is 5.89 Å². The molecule has 0 amide bonds. The number of hydrogen-bond donors (Lipinski definition) is 0. The van der Waals surface area contributed by atoms with E-state index in [1.54, 1.807) is 19.1 Å². The third-order valence-electron chi connectivity index (χ3n) is 5.98. The van der Waals surface area contributed by atoms with Gasteiger partial charge >= 0.3 is 5.97 Å². The highest BCUT2D eigenvalue weighted by Gasteiger charge is 2.43. The van der Waals surface area contributed by atoms with E-state index in [-0.39, 0.29) is 11.8 Å².